The Kier molecular flexibility index (Phi) is 11.4. The first-order chi connectivity index (χ1) is 21.9. The van der Waals surface area contributed by atoms with E-state index in [0.717, 1.165) is 15.9 Å². The molecule has 46 heavy (non-hydrogen) atoms. The Morgan fingerprint density at radius 2 is 1.46 bits per heavy atom. The van der Waals surface area contributed by atoms with Crippen molar-refractivity contribution >= 4 is 56.4 Å². The maximum atomic E-state index is 14.5. The Hall–Kier alpha value is -4.45. The molecule has 0 bridgehead atoms. The highest BCUT2D eigenvalue weighted by molar-refractivity contribution is 7.92. The smallest absolute Gasteiger partial charge is 0.271 e. The van der Waals surface area contributed by atoms with Gasteiger partial charge in [0.15, 0.2) is 0 Å². The fraction of sp³-hybridized carbons (Fsp3) is 0.212. The van der Waals surface area contributed by atoms with Crippen molar-refractivity contribution in [1.82, 2.24) is 10.2 Å². The zero-order valence-corrected chi connectivity index (χ0v) is 27.4. The molecule has 4 aromatic carbocycles. The zero-order valence-electron chi connectivity index (χ0n) is 25.0. The second kappa shape index (κ2) is 15.2. The number of rotatable bonds is 13. The van der Waals surface area contributed by atoms with Crippen LogP contribution in [0.2, 0.25) is 10.0 Å². The van der Waals surface area contributed by atoms with Crippen LogP contribution in [0.1, 0.15) is 25.0 Å². The molecule has 0 saturated heterocycles. The molecule has 4 aromatic rings. The van der Waals surface area contributed by atoms with Crippen molar-refractivity contribution in [3.63, 3.8) is 0 Å². The van der Waals surface area contributed by atoms with Gasteiger partial charge in [0.25, 0.3) is 15.7 Å². The van der Waals surface area contributed by atoms with Crippen molar-refractivity contribution in [2.24, 2.45) is 0 Å². The first-order valence-corrected chi connectivity index (χ1v) is 16.5. The number of halogens is 2. The average Bonchev–Trinajstić information content (AvgIpc) is 3.03. The van der Waals surface area contributed by atoms with Gasteiger partial charge in [-0.25, -0.2) is 8.42 Å². The predicted octanol–water partition coefficient (Wildman–Crippen LogP) is 6.26. The van der Waals surface area contributed by atoms with E-state index in [9.17, 15) is 28.1 Å². The molecular formula is C33H32Cl2N4O6S. The van der Waals surface area contributed by atoms with Gasteiger partial charge < -0.3 is 10.2 Å². The van der Waals surface area contributed by atoms with Crippen molar-refractivity contribution in [1.29, 1.82) is 0 Å². The second-order valence-corrected chi connectivity index (χ2v) is 13.4. The standard InChI is InChI=1S/C33H32Cl2N4O6S/c1-23(2)36-33(41)31(19-24-11-5-3-6-12-24)37(21-28-29(34)17-10-18-30(28)35)32(40)22-38(25-13-9-14-26(20-25)39(42)43)46(44,45)27-15-7-4-8-16-27/h3-18,20,23,31H,19,21-22H2,1-2H3,(H,36,41)/t31-/m0/s1. The molecule has 240 valence electrons. The van der Waals surface area contributed by atoms with Gasteiger partial charge in [-0.05, 0) is 49.7 Å². The minimum absolute atomic E-state index is 0.0927. The molecule has 0 fully saturated rings. The summed E-state index contributed by atoms with van der Waals surface area (Å²) >= 11 is 13.0. The molecule has 0 aliphatic carbocycles. The minimum atomic E-state index is -4.43. The number of nitrogens with zero attached hydrogens (tertiary/aromatic N) is 3. The summed E-state index contributed by atoms with van der Waals surface area (Å²) in [4.78, 5) is 40.3. The fourth-order valence-corrected chi connectivity index (χ4v) is 6.74. The topological polar surface area (TPSA) is 130 Å². The number of sulfonamides is 1. The average molecular weight is 684 g/mol. The van der Waals surface area contributed by atoms with Crippen LogP contribution >= 0.6 is 23.2 Å². The van der Waals surface area contributed by atoms with Crippen LogP contribution in [0.5, 0.6) is 0 Å². The van der Waals surface area contributed by atoms with Crippen LogP contribution in [0.4, 0.5) is 11.4 Å². The SMILES string of the molecule is CC(C)NC(=O)[C@H](Cc1ccccc1)N(Cc1c(Cl)cccc1Cl)C(=O)CN(c1cccc([N+](=O)[O-])c1)S(=O)(=O)c1ccccc1. The molecule has 0 saturated carbocycles. The molecule has 0 spiro atoms. The molecule has 13 heteroatoms. The van der Waals surface area contributed by atoms with E-state index in [1.165, 1.54) is 47.4 Å². The molecule has 0 aliphatic heterocycles. The summed E-state index contributed by atoms with van der Waals surface area (Å²) in [6.07, 6.45) is 0.0927. The summed E-state index contributed by atoms with van der Waals surface area (Å²) in [5.74, 6) is -1.23. The molecule has 0 aliphatic rings. The van der Waals surface area contributed by atoms with Crippen LogP contribution in [0.25, 0.3) is 0 Å². The summed E-state index contributed by atoms with van der Waals surface area (Å²) in [7, 11) is -4.43. The van der Waals surface area contributed by atoms with E-state index in [2.05, 4.69) is 5.32 Å². The van der Waals surface area contributed by atoms with Gasteiger partial charge in [0, 0.05) is 46.7 Å². The Balaban J connectivity index is 1.86. The van der Waals surface area contributed by atoms with Crippen molar-refractivity contribution in [3.05, 3.63) is 134 Å². The van der Waals surface area contributed by atoms with Gasteiger partial charge in [0.2, 0.25) is 11.8 Å². The van der Waals surface area contributed by atoms with Gasteiger partial charge in [-0.15, -0.1) is 0 Å². The number of nitro benzene ring substituents is 1. The third kappa shape index (κ3) is 8.42. The lowest BCUT2D eigenvalue weighted by Gasteiger charge is -2.34. The number of amides is 2. The summed E-state index contributed by atoms with van der Waals surface area (Å²) in [6, 6.07) is 24.9. The van der Waals surface area contributed by atoms with Crippen molar-refractivity contribution in [3.8, 4) is 0 Å². The van der Waals surface area contributed by atoms with E-state index in [1.54, 1.807) is 50.2 Å². The van der Waals surface area contributed by atoms with E-state index in [1.807, 2.05) is 18.2 Å². The Morgan fingerprint density at radius 1 is 0.870 bits per heavy atom. The Bertz CT molecular complexity index is 1790. The van der Waals surface area contributed by atoms with Gasteiger partial charge >= 0.3 is 0 Å². The second-order valence-electron chi connectivity index (χ2n) is 10.7. The molecular weight excluding hydrogens is 651 g/mol. The number of anilines is 1. The summed E-state index contributed by atoms with van der Waals surface area (Å²) in [5, 5.41) is 15.0. The fourth-order valence-electron chi connectivity index (χ4n) is 4.80. The number of nitro groups is 1. The predicted molar refractivity (Wildman–Crippen MR) is 178 cm³/mol. The normalized spacial score (nSPS) is 11.9. The molecule has 1 atom stereocenters. The van der Waals surface area contributed by atoms with Gasteiger partial charge in [-0.2, -0.15) is 0 Å². The maximum Gasteiger partial charge on any atom is 0.271 e. The van der Waals surface area contributed by atoms with Crippen LogP contribution in [0.15, 0.2) is 108 Å². The number of non-ortho nitro benzene ring substituents is 1. The Morgan fingerprint density at radius 3 is 2.04 bits per heavy atom. The quantitative estimate of drug-likeness (QED) is 0.131. The highest BCUT2D eigenvalue weighted by atomic mass is 35.5. The molecule has 1 N–H and O–H groups in total. The molecule has 2 amide bonds. The number of carbonyl (C=O) groups excluding carboxylic acids is 2. The molecule has 4 rings (SSSR count). The molecule has 0 heterocycles. The van der Waals surface area contributed by atoms with Crippen molar-refractivity contribution in [2.75, 3.05) is 10.8 Å². The number of hydrogen-bond donors (Lipinski definition) is 1. The van der Waals surface area contributed by atoms with Gasteiger partial charge in [0.05, 0.1) is 15.5 Å². The largest absolute Gasteiger partial charge is 0.352 e. The van der Waals surface area contributed by atoms with Crippen LogP contribution < -0.4 is 9.62 Å². The van der Waals surface area contributed by atoms with E-state index in [-0.39, 0.29) is 45.3 Å². The minimum Gasteiger partial charge on any atom is -0.352 e. The van der Waals surface area contributed by atoms with Crippen LogP contribution in [0.3, 0.4) is 0 Å². The van der Waals surface area contributed by atoms with E-state index in [4.69, 9.17) is 23.2 Å². The summed E-state index contributed by atoms with van der Waals surface area (Å²) in [6.45, 7) is 2.55. The van der Waals surface area contributed by atoms with Gasteiger partial charge in [-0.1, -0.05) is 83.9 Å². The molecule has 0 radical (unpaired) electrons. The monoisotopic (exact) mass is 682 g/mol. The molecule has 0 unspecified atom stereocenters. The molecule has 10 nitrogen and oxygen atoms in total. The van der Waals surface area contributed by atoms with Crippen LogP contribution in [-0.4, -0.2) is 48.7 Å². The molecule has 0 aromatic heterocycles. The third-order valence-corrected chi connectivity index (χ3v) is 9.53. The lowest BCUT2D eigenvalue weighted by molar-refractivity contribution is -0.384. The number of nitrogens with one attached hydrogen (secondary N) is 1. The zero-order chi connectivity index (χ0) is 33.4. The first-order valence-electron chi connectivity index (χ1n) is 14.3. The number of benzene rings is 4. The van der Waals surface area contributed by atoms with E-state index < -0.39 is 39.3 Å². The maximum absolute atomic E-state index is 14.5. The van der Waals surface area contributed by atoms with Crippen LogP contribution in [0, 0.1) is 10.1 Å². The summed E-state index contributed by atoms with van der Waals surface area (Å²) < 4.78 is 28.9. The van der Waals surface area contributed by atoms with Crippen molar-refractivity contribution < 1.29 is 22.9 Å². The highest BCUT2D eigenvalue weighted by Gasteiger charge is 2.35. The van der Waals surface area contributed by atoms with Gasteiger partial charge in [0.1, 0.15) is 12.6 Å². The van der Waals surface area contributed by atoms with Gasteiger partial charge in [-0.3, -0.25) is 24.0 Å². The van der Waals surface area contributed by atoms with Crippen molar-refractivity contribution in [2.45, 2.75) is 43.8 Å². The van der Waals surface area contributed by atoms with E-state index >= 15 is 0 Å². The lowest BCUT2D eigenvalue weighted by atomic mass is 10.0. The summed E-state index contributed by atoms with van der Waals surface area (Å²) in [5.41, 5.74) is 0.647. The Labute approximate surface area is 277 Å². The van der Waals surface area contributed by atoms with E-state index in [0.29, 0.717) is 5.56 Å². The van der Waals surface area contributed by atoms with Crippen LogP contribution in [-0.2, 0) is 32.6 Å². The third-order valence-electron chi connectivity index (χ3n) is 7.03. The number of hydrogen-bond acceptors (Lipinski definition) is 6. The number of carbonyl (C=O) groups is 2. The first kappa shape index (κ1) is 34.4. The highest BCUT2D eigenvalue weighted by Crippen LogP contribution is 2.30. The lowest BCUT2D eigenvalue weighted by Crippen LogP contribution is -2.54.